The summed E-state index contributed by atoms with van der Waals surface area (Å²) in [6, 6.07) is 5.06. The van der Waals surface area contributed by atoms with E-state index in [0.717, 1.165) is 11.8 Å². The van der Waals surface area contributed by atoms with Crippen LogP contribution >= 0.6 is 11.8 Å². The highest BCUT2D eigenvalue weighted by Gasteiger charge is 2.28. The fraction of sp³-hybridized carbons (Fsp3) is 0.312. The fourth-order valence-electron chi connectivity index (χ4n) is 1.86. The molecule has 1 N–H and O–H groups in total. The molecule has 0 fully saturated rings. The molecule has 26 heavy (non-hydrogen) atoms. The van der Waals surface area contributed by atoms with Gasteiger partial charge in [0.1, 0.15) is 5.82 Å². The number of nitrogens with one attached hydrogen (secondary N) is 1. The van der Waals surface area contributed by atoms with Crippen LogP contribution in [-0.4, -0.2) is 52.0 Å². The first-order chi connectivity index (χ1) is 12.3. The van der Waals surface area contributed by atoms with Gasteiger partial charge in [0.2, 0.25) is 11.8 Å². The first-order valence-electron chi connectivity index (χ1n) is 7.52. The predicted molar refractivity (Wildman–Crippen MR) is 90.9 cm³/mol. The normalized spacial score (nSPS) is 11.7. The second-order valence-electron chi connectivity index (χ2n) is 5.49. The number of thioether (sulfide) groups is 1. The summed E-state index contributed by atoms with van der Waals surface area (Å²) in [6.45, 7) is 1.26. The molecular formula is C16H17FN4O4S. The summed E-state index contributed by atoms with van der Waals surface area (Å²) in [7, 11) is 3.09. The third-order valence-corrected chi connectivity index (χ3v) is 4.34. The Balaban J connectivity index is 1.96. The van der Waals surface area contributed by atoms with Crippen LogP contribution in [-0.2, 0) is 16.1 Å². The molecule has 0 aliphatic carbocycles. The van der Waals surface area contributed by atoms with Gasteiger partial charge in [-0.25, -0.2) is 4.39 Å². The lowest BCUT2D eigenvalue weighted by molar-refractivity contribution is -0.132. The summed E-state index contributed by atoms with van der Waals surface area (Å²) >= 11 is 0.851. The Kier molecular flexibility index (Phi) is 6.45. The number of halogens is 1. The van der Waals surface area contributed by atoms with E-state index in [4.69, 9.17) is 4.42 Å². The number of amides is 2. The topological polar surface area (TPSA) is 105 Å². The Morgan fingerprint density at radius 2 is 1.88 bits per heavy atom. The molecule has 10 heteroatoms. The smallest absolute Gasteiger partial charge is 0.277 e. The number of aromatic nitrogens is 2. The Bertz CT molecular complexity index is 807. The fourth-order valence-corrected chi connectivity index (χ4v) is 2.77. The molecule has 1 atom stereocenters. The van der Waals surface area contributed by atoms with Gasteiger partial charge in [-0.15, -0.1) is 10.2 Å². The van der Waals surface area contributed by atoms with Crippen molar-refractivity contribution in [2.45, 2.75) is 23.9 Å². The predicted octanol–water partition coefficient (Wildman–Crippen LogP) is 1.28. The van der Waals surface area contributed by atoms with E-state index in [1.54, 1.807) is 14.1 Å². The van der Waals surface area contributed by atoms with Crippen molar-refractivity contribution < 1.29 is 23.2 Å². The van der Waals surface area contributed by atoms with Crippen LogP contribution in [0, 0.1) is 5.82 Å². The molecule has 8 nitrogen and oxygen atoms in total. The van der Waals surface area contributed by atoms with Crippen molar-refractivity contribution in [2.75, 3.05) is 14.1 Å². The summed E-state index contributed by atoms with van der Waals surface area (Å²) in [6.07, 6.45) is 0. The lowest BCUT2D eigenvalue weighted by Crippen LogP contribution is -2.35. The third kappa shape index (κ3) is 5.12. The summed E-state index contributed by atoms with van der Waals surface area (Å²) < 4.78 is 18.2. The molecule has 0 saturated carbocycles. The zero-order chi connectivity index (χ0) is 19.3. The summed E-state index contributed by atoms with van der Waals surface area (Å²) in [5.74, 6) is -1.47. The Morgan fingerprint density at radius 3 is 2.46 bits per heavy atom. The van der Waals surface area contributed by atoms with Gasteiger partial charge in [0.05, 0.1) is 6.54 Å². The van der Waals surface area contributed by atoms with Crippen molar-refractivity contribution >= 4 is 29.4 Å². The summed E-state index contributed by atoms with van der Waals surface area (Å²) in [5.41, 5.74) is 0.286. The summed E-state index contributed by atoms with van der Waals surface area (Å²) in [5, 5.41) is 9.15. The number of rotatable bonds is 7. The highest BCUT2D eigenvalue weighted by molar-refractivity contribution is 8.01. The molecule has 2 amide bonds. The van der Waals surface area contributed by atoms with Crippen molar-refractivity contribution in [3.05, 3.63) is 41.5 Å². The molecule has 0 saturated heterocycles. The van der Waals surface area contributed by atoms with E-state index < -0.39 is 17.0 Å². The average molecular weight is 380 g/mol. The Labute approximate surface area is 153 Å². The Hall–Kier alpha value is -2.75. The van der Waals surface area contributed by atoms with E-state index in [0.29, 0.717) is 0 Å². The van der Waals surface area contributed by atoms with Crippen LogP contribution in [0.5, 0.6) is 0 Å². The Morgan fingerprint density at radius 1 is 1.23 bits per heavy atom. The number of hydrogen-bond acceptors (Lipinski definition) is 7. The molecule has 1 aromatic carbocycles. The minimum Gasteiger partial charge on any atom is -0.414 e. The van der Waals surface area contributed by atoms with Crippen molar-refractivity contribution in [3.8, 4) is 0 Å². The molecule has 0 aliphatic rings. The van der Waals surface area contributed by atoms with Crippen LogP contribution in [0.25, 0.3) is 0 Å². The minimum absolute atomic E-state index is 0.0455. The second kappa shape index (κ2) is 8.56. The van der Waals surface area contributed by atoms with Crippen LogP contribution in [0.15, 0.2) is 33.9 Å². The highest BCUT2D eigenvalue weighted by atomic mass is 32.2. The number of Topliss-reactive ketones (excluding diaryl/α,β-unsaturated/α-hetero) is 1. The molecule has 0 radical (unpaired) electrons. The van der Waals surface area contributed by atoms with Gasteiger partial charge < -0.3 is 14.6 Å². The largest absolute Gasteiger partial charge is 0.414 e. The molecule has 2 aromatic rings. The number of hydrogen-bond donors (Lipinski definition) is 1. The average Bonchev–Trinajstić information content (AvgIpc) is 3.05. The maximum Gasteiger partial charge on any atom is 0.277 e. The van der Waals surface area contributed by atoms with Gasteiger partial charge in [-0.2, -0.15) is 0 Å². The third-order valence-electron chi connectivity index (χ3n) is 3.21. The maximum atomic E-state index is 12.9. The molecule has 0 aliphatic heterocycles. The van der Waals surface area contributed by atoms with E-state index in [2.05, 4.69) is 15.5 Å². The van der Waals surface area contributed by atoms with Crippen LogP contribution in [0.1, 0.15) is 23.2 Å². The van der Waals surface area contributed by atoms with E-state index in [1.165, 1.54) is 36.1 Å². The molecular weight excluding hydrogens is 363 g/mol. The van der Waals surface area contributed by atoms with Crippen LogP contribution < -0.4 is 5.32 Å². The van der Waals surface area contributed by atoms with Crippen molar-refractivity contribution in [3.63, 3.8) is 0 Å². The number of carbonyl (C=O) groups excluding carboxylic acids is 3. The molecule has 0 bridgehead atoms. The van der Waals surface area contributed by atoms with Gasteiger partial charge in [-0.3, -0.25) is 14.4 Å². The van der Waals surface area contributed by atoms with Gasteiger partial charge >= 0.3 is 0 Å². The molecule has 0 spiro atoms. The highest BCUT2D eigenvalue weighted by Crippen LogP contribution is 2.24. The standard InChI is InChI=1S/C16H17FN4O4S/c1-9(22)13(15(24)21(2)3)26-16-20-19-12(25-16)8-18-14(23)10-4-6-11(17)7-5-10/h4-7,13H,8H2,1-3H3,(H,18,23)/t13-/m1/s1. The lowest BCUT2D eigenvalue weighted by atomic mass is 10.2. The van der Waals surface area contributed by atoms with Crippen LogP contribution in [0.2, 0.25) is 0 Å². The van der Waals surface area contributed by atoms with Crippen molar-refractivity contribution in [1.82, 2.24) is 20.4 Å². The number of ketones is 1. The van der Waals surface area contributed by atoms with E-state index in [9.17, 15) is 18.8 Å². The molecule has 1 heterocycles. The van der Waals surface area contributed by atoms with E-state index >= 15 is 0 Å². The first-order valence-corrected chi connectivity index (χ1v) is 8.40. The zero-order valence-corrected chi connectivity index (χ0v) is 15.2. The number of benzene rings is 1. The van der Waals surface area contributed by atoms with E-state index in [1.807, 2.05) is 0 Å². The van der Waals surface area contributed by atoms with Crippen molar-refractivity contribution in [1.29, 1.82) is 0 Å². The molecule has 1 aromatic heterocycles. The first kappa shape index (κ1) is 19.6. The second-order valence-corrected chi connectivity index (χ2v) is 6.55. The number of nitrogens with zero attached hydrogens (tertiary/aromatic N) is 3. The van der Waals surface area contributed by atoms with Gasteiger partial charge in [0.25, 0.3) is 11.1 Å². The summed E-state index contributed by atoms with van der Waals surface area (Å²) in [4.78, 5) is 36.9. The minimum atomic E-state index is -0.980. The van der Waals surface area contributed by atoms with Crippen LogP contribution in [0.4, 0.5) is 4.39 Å². The molecule has 138 valence electrons. The van der Waals surface area contributed by atoms with Gasteiger partial charge in [0.15, 0.2) is 11.0 Å². The maximum absolute atomic E-state index is 12.9. The zero-order valence-electron chi connectivity index (χ0n) is 14.4. The number of carbonyl (C=O) groups is 3. The van der Waals surface area contributed by atoms with E-state index in [-0.39, 0.29) is 34.9 Å². The van der Waals surface area contributed by atoms with Gasteiger partial charge in [-0.05, 0) is 43.0 Å². The SMILES string of the molecule is CC(=O)[C@@H](Sc1nnc(CNC(=O)c2ccc(F)cc2)o1)C(=O)N(C)C. The monoisotopic (exact) mass is 380 g/mol. The lowest BCUT2D eigenvalue weighted by Gasteiger charge is -2.15. The quantitative estimate of drug-likeness (QED) is 0.570. The van der Waals surface area contributed by atoms with Crippen molar-refractivity contribution in [2.24, 2.45) is 0 Å². The molecule has 0 unspecified atom stereocenters. The van der Waals surface area contributed by atoms with Gasteiger partial charge in [0, 0.05) is 19.7 Å². The van der Waals surface area contributed by atoms with Gasteiger partial charge in [-0.1, -0.05) is 0 Å². The molecule has 2 rings (SSSR count). The van der Waals surface area contributed by atoms with Crippen LogP contribution in [0.3, 0.4) is 0 Å².